The lowest BCUT2D eigenvalue weighted by atomic mass is 10.2. The summed E-state index contributed by atoms with van der Waals surface area (Å²) in [4.78, 5) is 52.8. The Balaban J connectivity index is 1.65. The summed E-state index contributed by atoms with van der Waals surface area (Å²) < 4.78 is 6.77. The maximum absolute atomic E-state index is 12.8. The summed E-state index contributed by atoms with van der Waals surface area (Å²) in [6.45, 7) is 3.48. The van der Waals surface area contributed by atoms with Crippen LogP contribution in [-0.4, -0.2) is 40.1 Å². The summed E-state index contributed by atoms with van der Waals surface area (Å²) in [5.74, 6) is -0.774. The van der Waals surface area contributed by atoms with Gasteiger partial charge in [0.25, 0.3) is 11.5 Å². The second-order valence-electron chi connectivity index (χ2n) is 6.93. The molecule has 1 aromatic carbocycles. The predicted molar refractivity (Wildman–Crippen MR) is 105 cm³/mol. The molecule has 1 heterocycles. The molecule has 1 fully saturated rings. The molecule has 9 nitrogen and oxygen atoms in total. The second-order valence-corrected chi connectivity index (χ2v) is 6.93. The molecule has 3 rings (SSSR count). The van der Waals surface area contributed by atoms with Gasteiger partial charge < -0.3 is 10.1 Å². The molecule has 0 spiro atoms. The van der Waals surface area contributed by atoms with Crippen LogP contribution in [0.4, 0.5) is 4.79 Å². The normalized spacial score (nSPS) is 14.3. The van der Waals surface area contributed by atoms with E-state index in [4.69, 9.17) is 4.74 Å². The van der Waals surface area contributed by atoms with Crippen LogP contribution in [0.3, 0.4) is 0 Å². The Kier molecular flexibility index (Phi) is 6.26. The third-order valence-corrected chi connectivity index (χ3v) is 4.60. The maximum atomic E-state index is 12.8. The van der Waals surface area contributed by atoms with E-state index in [0.29, 0.717) is 23.3 Å². The molecule has 1 unspecified atom stereocenters. The van der Waals surface area contributed by atoms with Crippen molar-refractivity contribution in [2.75, 3.05) is 6.54 Å². The Morgan fingerprint density at radius 3 is 2.69 bits per heavy atom. The topological polar surface area (TPSA) is 119 Å². The standard InChI is InChI=1S/C20H24N4O5/c1-3-21-20(28)23-18(26)12(2)29-17(25)11-10-16-22-15-7-5-4-6-14(15)19(27)24(16)13-8-9-13/h4-7,12-13H,3,8-11H2,1-2H3,(H2,21,23,26,28). The number of carbonyl (C=O) groups is 3. The van der Waals surface area contributed by atoms with Crippen LogP contribution in [-0.2, 0) is 20.7 Å². The zero-order valence-electron chi connectivity index (χ0n) is 16.4. The SMILES string of the molecule is CCNC(=O)NC(=O)C(C)OC(=O)CCc1nc2ccccc2c(=O)n1C1CC1. The van der Waals surface area contributed by atoms with Crippen molar-refractivity contribution in [3.05, 3.63) is 40.4 Å². The molecule has 0 saturated heterocycles. The lowest BCUT2D eigenvalue weighted by molar-refractivity contribution is -0.154. The number of benzene rings is 1. The number of rotatable bonds is 7. The highest BCUT2D eigenvalue weighted by atomic mass is 16.5. The smallest absolute Gasteiger partial charge is 0.321 e. The van der Waals surface area contributed by atoms with Crippen molar-refractivity contribution in [3.8, 4) is 0 Å². The van der Waals surface area contributed by atoms with Crippen molar-refractivity contribution in [2.24, 2.45) is 0 Å². The Labute approximate surface area is 167 Å². The van der Waals surface area contributed by atoms with E-state index in [1.54, 1.807) is 29.7 Å². The molecule has 2 aromatic rings. The van der Waals surface area contributed by atoms with Crippen molar-refractivity contribution < 1.29 is 19.1 Å². The molecule has 154 valence electrons. The van der Waals surface area contributed by atoms with Gasteiger partial charge >= 0.3 is 12.0 Å². The summed E-state index contributed by atoms with van der Waals surface area (Å²) in [7, 11) is 0. The van der Waals surface area contributed by atoms with E-state index in [9.17, 15) is 19.2 Å². The van der Waals surface area contributed by atoms with Crippen LogP contribution >= 0.6 is 0 Å². The van der Waals surface area contributed by atoms with Gasteiger partial charge in [-0.3, -0.25) is 24.3 Å². The molecular formula is C20H24N4O5. The molecule has 0 bridgehead atoms. The number of hydrogen-bond donors (Lipinski definition) is 2. The number of nitrogens with zero attached hydrogens (tertiary/aromatic N) is 2. The summed E-state index contributed by atoms with van der Waals surface area (Å²) in [5.41, 5.74) is 0.489. The number of fused-ring (bicyclic) bond motifs is 1. The number of nitrogens with one attached hydrogen (secondary N) is 2. The Bertz CT molecular complexity index is 996. The predicted octanol–water partition coefficient (Wildman–Crippen LogP) is 1.44. The van der Waals surface area contributed by atoms with E-state index in [1.165, 1.54) is 6.92 Å². The average Bonchev–Trinajstić information content (AvgIpc) is 3.51. The Hall–Kier alpha value is -3.23. The highest BCUT2D eigenvalue weighted by Crippen LogP contribution is 2.34. The van der Waals surface area contributed by atoms with Crippen LogP contribution < -0.4 is 16.2 Å². The van der Waals surface area contributed by atoms with E-state index in [2.05, 4.69) is 15.6 Å². The first kappa shape index (κ1) is 20.5. The van der Waals surface area contributed by atoms with Gasteiger partial charge in [0.15, 0.2) is 6.10 Å². The molecule has 1 aliphatic rings. The van der Waals surface area contributed by atoms with E-state index < -0.39 is 24.0 Å². The van der Waals surface area contributed by atoms with E-state index in [0.717, 1.165) is 12.8 Å². The van der Waals surface area contributed by atoms with Crippen molar-refractivity contribution in [1.29, 1.82) is 0 Å². The number of urea groups is 1. The first-order chi connectivity index (χ1) is 13.9. The van der Waals surface area contributed by atoms with Gasteiger partial charge in [0.1, 0.15) is 5.82 Å². The number of imide groups is 1. The summed E-state index contributed by atoms with van der Waals surface area (Å²) in [6.07, 6.45) is 0.902. The monoisotopic (exact) mass is 400 g/mol. The van der Waals surface area contributed by atoms with Gasteiger partial charge in [-0.15, -0.1) is 0 Å². The van der Waals surface area contributed by atoms with E-state index >= 15 is 0 Å². The number of aryl methyl sites for hydroxylation is 1. The fourth-order valence-electron chi connectivity index (χ4n) is 3.02. The number of amides is 3. The largest absolute Gasteiger partial charge is 0.453 e. The van der Waals surface area contributed by atoms with E-state index in [1.807, 2.05) is 6.07 Å². The van der Waals surface area contributed by atoms with Crippen LogP contribution in [0, 0.1) is 0 Å². The molecule has 3 amide bonds. The zero-order valence-corrected chi connectivity index (χ0v) is 16.4. The highest BCUT2D eigenvalue weighted by Gasteiger charge is 2.28. The summed E-state index contributed by atoms with van der Waals surface area (Å²) in [6, 6.07) is 6.60. The first-order valence-corrected chi connectivity index (χ1v) is 9.69. The van der Waals surface area contributed by atoms with Crippen molar-refractivity contribution in [2.45, 2.75) is 51.7 Å². The minimum atomic E-state index is -1.11. The first-order valence-electron chi connectivity index (χ1n) is 9.69. The molecule has 1 saturated carbocycles. The average molecular weight is 400 g/mol. The number of para-hydroxylation sites is 1. The number of esters is 1. The van der Waals surface area contributed by atoms with Crippen LogP contribution in [0.25, 0.3) is 10.9 Å². The molecule has 1 atom stereocenters. The van der Waals surface area contributed by atoms with Crippen molar-refractivity contribution in [3.63, 3.8) is 0 Å². The van der Waals surface area contributed by atoms with Crippen LogP contribution in [0.2, 0.25) is 0 Å². The maximum Gasteiger partial charge on any atom is 0.321 e. The fourth-order valence-corrected chi connectivity index (χ4v) is 3.02. The number of carbonyl (C=O) groups excluding carboxylic acids is 3. The van der Waals surface area contributed by atoms with Gasteiger partial charge in [-0.2, -0.15) is 0 Å². The molecule has 9 heteroatoms. The summed E-state index contributed by atoms with van der Waals surface area (Å²) in [5, 5.41) is 5.07. The quantitative estimate of drug-likeness (QED) is 0.679. The number of aromatic nitrogens is 2. The van der Waals surface area contributed by atoms with Gasteiger partial charge in [0.05, 0.1) is 17.3 Å². The van der Waals surface area contributed by atoms with Crippen LogP contribution in [0.1, 0.15) is 45.0 Å². The number of hydrogen-bond acceptors (Lipinski definition) is 6. The summed E-state index contributed by atoms with van der Waals surface area (Å²) >= 11 is 0. The Morgan fingerprint density at radius 2 is 2.00 bits per heavy atom. The molecule has 29 heavy (non-hydrogen) atoms. The highest BCUT2D eigenvalue weighted by molar-refractivity contribution is 5.97. The Morgan fingerprint density at radius 1 is 1.28 bits per heavy atom. The van der Waals surface area contributed by atoms with Gasteiger partial charge in [0.2, 0.25) is 0 Å². The zero-order chi connectivity index (χ0) is 21.0. The molecule has 1 aliphatic carbocycles. The lowest BCUT2D eigenvalue weighted by Gasteiger charge is -2.14. The molecule has 2 N–H and O–H groups in total. The minimum absolute atomic E-state index is 0.0315. The minimum Gasteiger partial charge on any atom is -0.453 e. The molecular weight excluding hydrogens is 376 g/mol. The van der Waals surface area contributed by atoms with Crippen molar-refractivity contribution >= 4 is 28.8 Å². The fraction of sp³-hybridized carbons (Fsp3) is 0.450. The molecule has 1 aromatic heterocycles. The van der Waals surface area contributed by atoms with Gasteiger partial charge in [-0.05, 0) is 38.8 Å². The molecule has 0 aliphatic heterocycles. The van der Waals surface area contributed by atoms with Gasteiger partial charge in [-0.1, -0.05) is 12.1 Å². The van der Waals surface area contributed by atoms with Crippen LogP contribution in [0.15, 0.2) is 29.1 Å². The van der Waals surface area contributed by atoms with Gasteiger partial charge in [-0.25, -0.2) is 9.78 Å². The van der Waals surface area contributed by atoms with Gasteiger partial charge in [0, 0.05) is 19.0 Å². The third-order valence-electron chi connectivity index (χ3n) is 4.60. The second kappa shape index (κ2) is 8.85. The van der Waals surface area contributed by atoms with Crippen molar-refractivity contribution in [1.82, 2.24) is 20.2 Å². The molecule has 0 radical (unpaired) electrons. The van der Waals surface area contributed by atoms with E-state index in [-0.39, 0.29) is 24.4 Å². The number of ether oxygens (including phenoxy) is 1. The lowest BCUT2D eigenvalue weighted by Crippen LogP contribution is -2.44. The third kappa shape index (κ3) is 4.98. The van der Waals surface area contributed by atoms with Crippen LogP contribution in [0.5, 0.6) is 0 Å².